The van der Waals surface area contributed by atoms with Crippen LogP contribution >= 0.6 is 0 Å². The number of likely N-dealkylation sites (tertiary alicyclic amines) is 1. The van der Waals surface area contributed by atoms with Crippen LogP contribution in [0.5, 0.6) is 5.75 Å². The molecule has 2 amide bonds. The average molecular weight is 329 g/mol. The van der Waals surface area contributed by atoms with E-state index in [-0.39, 0.29) is 12.1 Å². The van der Waals surface area contributed by atoms with E-state index in [1.54, 1.807) is 18.1 Å². The van der Waals surface area contributed by atoms with E-state index < -0.39 is 0 Å². The van der Waals surface area contributed by atoms with Gasteiger partial charge in [-0.2, -0.15) is 5.10 Å². The van der Waals surface area contributed by atoms with E-state index in [1.165, 1.54) is 6.33 Å². The zero-order valence-electron chi connectivity index (χ0n) is 13.9. The number of aryl methyl sites for hydroxylation is 1. The Labute approximate surface area is 141 Å². The summed E-state index contributed by atoms with van der Waals surface area (Å²) in [7, 11) is 1.66. The first-order valence-electron chi connectivity index (χ1n) is 8.29. The molecule has 0 unspecified atom stereocenters. The third-order valence-corrected chi connectivity index (χ3v) is 4.30. The second-order valence-corrected chi connectivity index (χ2v) is 5.87. The van der Waals surface area contributed by atoms with Gasteiger partial charge in [-0.15, -0.1) is 0 Å². The van der Waals surface area contributed by atoms with Crippen LogP contribution in [0, 0.1) is 0 Å². The van der Waals surface area contributed by atoms with Gasteiger partial charge in [-0.05, 0) is 37.0 Å². The molecule has 1 aliphatic rings. The summed E-state index contributed by atoms with van der Waals surface area (Å²) < 4.78 is 7.06. The predicted molar refractivity (Wildman–Crippen MR) is 89.7 cm³/mol. The molecule has 1 N–H and O–H groups in total. The molecule has 0 radical (unpaired) electrons. The van der Waals surface area contributed by atoms with Gasteiger partial charge in [0.25, 0.3) is 0 Å². The molecule has 7 heteroatoms. The van der Waals surface area contributed by atoms with Crippen molar-refractivity contribution in [3.05, 3.63) is 42.5 Å². The Hall–Kier alpha value is -2.57. The quantitative estimate of drug-likeness (QED) is 0.825. The number of rotatable bonds is 6. The molecular formula is C17H23N5O2. The summed E-state index contributed by atoms with van der Waals surface area (Å²) >= 11 is 0. The standard InChI is InChI=1S/C17H23N5O2/c1-24-15-6-2-5-14(11-15)16-7-3-10-22(16)17(23)19-8-4-9-21-13-18-12-20-21/h2,5-6,11-13,16H,3-4,7-10H2,1H3,(H,19,23)/t16-/m1/s1. The molecule has 1 fully saturated rings. The number of aromatic nitrogens is 3. The highest BCUT2D eigenvalue weighted by Crippen LogP contribution is 2.33. The van der Waals surface area contributed by atoms with Crippen LogP contribution in [-0.2, 0) is 6.54 Å². The number of methoxy groups -OCH3 is 1. The van der Waals surface area contributed by atoms with Crippen molar-refractivity contribution in [1.82, 2.24) is 25.0 Å². The maximum atomic E-state index is 12.5. The molecule has 0 saturated carbocycles. The van der Waals surface area contributed by atoms with Gasteiger partial charge < -0.3 is 15.0 Å². The Morgan fingerprint density at radius 1 is 1.46 bits per heavy atom. The monoisotopic (exact) mass is 329 g/mol. The Bertz CT molecular complexity index is 659. The number of urea groups is 1. The molecule has 24 heavy (non-hydrogen) atoms. The van der Waals surface area contributed by atoms with Crippen LogP contribution in [0.1, 0.15) is 30.9 Å². The number of nitrogens with zero attached hydrogens (tertiary/aromatic N) is 4. The third-order valence-electron chi connectivity index (χ3n) is 4.30. The maximum Gasteiger partial charge on any atom is 0.317 e. The summed E-state index contributed by atoms with van der Waals surface area (Å²) in [5.74, 6) is 0.826. The topological polar surface area (TPSA) is 72.3 Å². The molecule has 2 heterocycles. The van der Waals surface area contributed by atoms with E-state index in [4.69, 9.17) is 4.74 Å². The van der Waals surface area contributed by atoms with Crippen LogP contribution in [0.2, 0.25) is 0 Å². The van der Waals surface area contributed by atoms with Gasteiger partial charge in [-0.3, -0.25) is 4.68 Å². The minimum absolute atomic E-state index is 0.00101. The van der Waals surface area contributed by atoms with Crippen LogP contribution in [0.4, 0.5) is 4.79 Å². The van der Waals surface area contributed by atoms with Crippen LogP contribution in [0.15, 0.2) is 36.9 Å². The van der Waals surface area contributed by atoms with Gasteiger partial charge in [0.15, 0.2) is 0 Å². The van der Waals surface area contributed by atoms with Crippen molar-refractivity contribution in [2.45, 2.75) is 31.8 Å². The SMILES string of the molecule is COc1cccc([C@H]2CCCN2C(=O)NCCCn2cncn2)c1. The molecule has 7 nitrogen and oxygen atoms in total. The number of nitrogens with one attached hydrogen (secondary N) is 1. The first kappa shape index (κ1) is 16.3. The molecule has 1 aromatic carbocycles. The molecule has 0 spiro atoms. The lowest BCUT2D eigenvalue weighted by atomic mass is 10.0. The van der Waals surface area contributed by atoms with Gasteiger partial charge in [0.05, 0.1) is 13.2 Å². The van der Waals surface area contributed by atoms with Crippen molar-refractivity contribution < 1.29 is 9.53 Å². The van der Waals surface area contributed by atoms with Crippen molar-refractivity contribution in [3.63, 3.8) is 0 Å². The van der Waals surface area contributed by atoms with Gasteiger partial charge in [0.2, 0.25) is 0 Å². The minimum atomic E-state index is -0.00101. The van der Waals surface area contributed by atoms with Gasteiger partial charge in [0.1, 0.15) is 18.4 Å². The highest BCUT2D eigenvalue weighted by Gasteiger charge is 2.29. The van der Waals surface area contributed by atoms with Crippen LogP contribution < -0.4 is 10.1 Å². The molecule has 1 aliphatic heterocycles. The Kier molecular flexibility index (Phi) is 5.30. The lowest BCUT2D eigenvalue weighted by molar-refractivity contribution is 0.192. The second-order valence-electron chi connectivity index (χ2n) is 5.87. The summed E-state index contributed by atoms with van der Waals surface area (Å²) in [5, 5.41) is 7.06. The molecule has 1 aromatic heterocycles. The molecule has 0 aliphatic carbocycles. The summed E-state index contributed by atoms with van der Waals surface area (Å²) in [6, 6.07) is 8.09. The molecule has 0 bridgehead atoms. The number of ether oxygens (including phenoxy) is 1. The van der Waals surface area contributed by atoms with Crippen molar-refractivity contribution in [3.8, 4) is 5.75 Å². The Balaban J connectivity index is 1.53. The summed E-state index contributed by atoms with van der Waals surface area (Å²) in [4.78, 5) is 18.3. The maximum absolute atomic E-state index is 12.5. The number of carbonyl (C=O) groups excluding carboxylic acids is 1. The van der Waals surface area contributed by atoms with Crippen molar-refractivity contribution >= 4 is 6.03 Å². The van der Waals surface area contributed by atoms with Crippen LogP contribution in [0.25, 0.3) is 0 Å². The molecular weight excluding hydrogens is 306 g/mol. The van der Waals surface area contributed by atoms with E-state index >= 15 is 0 Å². The zero-order valence-corrected chi connectivity index (χ0v) is 13.9. The normalized spacial score (nSPS) is 17.0. The van der Waals surface area contributed by atoms with Crippen LogP contribution in [0.3, 0.4) is 0 Å². The van der Waals surface area contributed by atoms with Gasteiger partial charge in [0, 0.05) is 19.6 Å². The average Bonchev–Trinajstić information content (AvgIpc) is 3.30. The number of carbonyl (C=O) groups is 1. The molecule has 1 saturated heterocycles. The number of amides is 2. The Morgan fingerprint density at radius 3 is 3.17 bits per heavy atom. The second kappa shape index (κ2) is 7.81. The molecule has 3 rings (SSSR count). The van der Waals surface area contributed by atoms with Crippen LogP contribution in [-0.4, -0.2) is 45.9 Å². The fraction of sp³-hybridized carbons (Fsp3) is 0.471. The number of hydrogen-bond acceptors (Lipinski definition) is 4. The summed E-state index contributed by atoms with van der Waals surface area (Å²) in [5.41, 5.74) is 1.13. The van der Waals surface area contributed by atoms with Gasteiger partial charge in [-0.25, -0.2) is 9.78 Å². The Morgan fingerprint density at radius 2 is 2.38 bits per heavy atom. The third kappa shape index (κ3) is 3.84. The predicted octanol–water partition coefficient (Wildman–Crippen LogP) is 2.22. The molecule has 1 atom stereocenters. The molecule has 128 valence electrons. The lowest BCUT2D eigenvalue weighted by Crippen LogP contribution is -2.40. The zero-order chi connectivity index (χ0) is 16.8. The van der Waals surface area contributed by atoms with Gasteiger partial charge in [-0.1, -0.05) is 12.1 Å². The number of hydrogen-bond donors (Lipinski definition) is 1. The van der Waals surface area contributed by atoms with E-state index in [0.717, 1.165) is 43.7 Å². The highest BCUT2D eigenvalue weighted by molar-refractivity contribution is 5.75. The largest absolute Gasteiger partial charge is 0.497 e. The summed E-state index contributed by atoms with van der Waals surface area (Å²) in [6.45, 7) is 2.16. The number of benzene rings is 1. The van der Waals surface area contributed by atoms with Crippen molar-refractivity contribution in [2.75, 3.05) is 20.2 Å². The van der Waals surface area contributed by atoms with Gasteiger partial charge >= 0.3 is 6.03 Å². The lowest BCUT2D eigenvalue weighted by Gasteiger charge is -2.25. The first-order chi connectivity index (χ1) is 11.8. The van der Waals surface area contributed by atoms with Crippen molar-refractivity contribution in [2.24, 2.45) is 0 Å². The first-order valence-corrected chi connectivity index (χ1v) is 8.29. The fourth-order valence-electron chi connectivity index (χ4n) is 3.09. The van der Waals surface area contributed by atoms with E-state index in [1.807, 2.05) is 23.1 Å². The van der Waals surface area contributed by atoms with Crippen molar-refractivity contribution in [1.29, 1.82) is 0 Å². The van der Waals surface area contributed by atoms with E-state index in [0.29, 0.717) is 6.54 Å². The highest BCUT2D eigenvalue weighted by atomic mass is 16.5. The summed E-state index contributed by atoms with van der Waals surface area (Å²) in [6.07, 6.45) is 6.03. The van der Waals surface area contributed by atoms with E-state index in [2.05, 4.69) is 21.5 Å². The smallest absolute Gasteiger partial charge is 0.317 e. The van der Waals surface area contributed by atoms with E-state index in [9.17, 15) is 4.79 Å². The minimum Gasteiger partial charge on any atom is -0.497 e. The molecule has 2 aromatic rings. The fourth-order valence-corrected chi connectivity index (χ4v) is 3.09.